The number of carboxylic acid groups (broad SMARTS) is 1. The fourth-order valence-electron chi connectivity index (χ4n) is 2.30. The lowest BCUT2D eigenvalue weighted by Gasteiger charge is -2.34. The summed E-state index contributed by atoms with van der Waals surface area (Å²) in [5, 5.41) is 9.12. The molecular formula is C13H16FNO3. The van der Waals surface area contributed by atoms with Gasteiger partial charge in [0, 0.05) is 20.2 Å². The molecule has 1 aromatic rings. The Bertz CT molecular complexity index is 450. The maximum absolute atomic E-state index is 13.1. The van der Waals surface area contributed by atoms with Gasteiger partial charge in [-0.1, -0.05) is 0 Å². The number of hydrogen-bond donors (Lipinski definition) is 1. The minimum Gasteiger partial charge on any atom is -0.478 e. The molecule has 0 saturated carbocycles. The minimum absolute atomic E-state index is 0.00625. The zero-order chi connectivity index (χ0) is 13.1. The van der Waals surface area contributed by atoms with Crippen LogP contribution in [0.25, 0.3) is 0 Å². The van der Waals surface area contributed by atoms with Gasteiger partial charge in [0.05, 0.1) is 17.4 Å². The van der Waals surface area contributed by atoms with Crippen LogP contribution in [-0.2, 0) is 4.74 Å². The van der Waals surface area contributed by atoms with Crippen molar-refractivity contribution in [1.29, 1.82) is 0 Å². The molecule has 1 N–H and O–H groups in total. The fourth-order valence-corrected chi connectivity index (χ4v) is 2.30. The number of carboxylic acids is 1. The second kappa shape index (κ2) is 5.35. The fraction of sp³-hybridized carbons (Fsp3) is 0.462. The zero-order valence-corrected chi connectivity index (χ0v) is 10.2. The highest BCUT2D eigenvalue weighted by Gasteiger charge is 2.23. The first-order valence-corrected chi connectivity index (χ1v) is 5.92. The Morgan fingerprint density at radius 1 is 1.56 bits per heavy atom. The summed E-state index contributed by atoms with van der Waals surface area (Å²) in [6.07, 6.45) is 2.01. The number of nitrogens with zero attached hydrogens (tertiary/aromatic N) is 1. The van der Waals surface area contributed by atoms with Crippen molar-refractivity contribution in [1.82, 2.24) is 0 Å². The van der Waals surface area contributed by atoms with Crippen molar-refractivity contribution >= 4 is 11.7 Å². The number of benzene rings is 1. The molecule has 0 bridgehead atoms. The third-order valence-corrected chi connectivity index (χ3v) is 3.24. The molecule has 1 aliphatic heterocycles. The highest BCUT2D eigenvalue weighted by atomic mass is 19.1. The highest BCUT2D eigenvalue weighted by Crippen LogP contribution is 2.25. The minimum atomic E-state index is -1.11. The lowest BCUT2D eigenvalue weighted by molar-refractivity contribution is 0.0694. The predicted octanol–water partition coefficient (Wildman–Crippen LogP) is 2.14. The van der Waals surface area contributed by atoms with Gasteiger partial charge in [0.1, 0.15) is 5.82 Å². The monoisotopic (exact) mass is 253 g/mol. The highest BCUT2D eigenvalue weighted by molar-refractivity contribution is 5.94. The second-order valence-corrected chi connectivity index (χ2v) is 4.41. The average Bonchev–Trinajstić information content (AvgIpc) is 2.38. The summed E-state index contributed by atoms with van der Waals surface area (Å²) in [6.45, 7) is 1.41. The SMILES string of the molecule is COC1CCCN(c2ccc(F)cc2C(=O)O)C1. The van der Waals surface area contributed by atoms with Gasteiger partial charge >= 0.3 is 5.97 Å². The molecule has 1 atom stereocenters. The normalized spacial score (nSPS) is 19.9. The maximum atomic E-state index is 13.1. The van der Waals surface area contributed by atoms with E-state index in [-0.39, 0.29) is 11.7 Å². The molecule has 0 radical (unpaired) electrons. The van der Waals surface area contributed by atoms with Crippen LogP contribution in [0.3, 0.4) is 0 Å². The summed E-state index contributed by atoms with van der Waals surface area (Å²) in [4.78, 5) is 13.1. The topological polar surface area (TPSA) is 49.8 Å². The Balaban J connectivity index is 2.29. The first kappa shape index (κ1) is 12.8. The molecule has 1 fully saturated rings. The number of methoxy groups -OCH3 is 1. The van der Waals surface area contributed by atoms with E-state index in [0.717, 1.165) is 25.5 Å². The van der Waals surface area contributed by atoms with Crippen LogP contribution >= 0.6 is 0 Å². The standard InChI is InChI=1S/C13H16FNO3/c1-18-10-3-2-6-15(8-10)12-5-4-9(14)7-11(12)13(16)17/h4-5,7,10H,2-3,6,8H2,1H3,(H,16,17). The molecule has 18 heavy (non-hydrogen) atoms. The average molecular weight is 253 g/mol. The number of halogens is 1. The molecule has 4 nitrogen and oxygen atoms in total. The lowest BCUT2D eigenvalue weighted by atomic mass is 10.0. The Kier molecular flexibility index (Phi) is 3.81. The number of hydrogen-bond acceptors (Lipinski definition) is 3. The molecule has 1 aliphatic rings. The van der Waals surface area contributed by atoms with Gasteiger partial charge in [0.2, 0.25) is 0 Å². The van der Waals surface area contributed by atoms with Crippen LogP contribution in [0.5, 0.6) is 0 Å². The van der Waals surface area contributed by atoms with E-state index >= 15 is 0 Å². The van der Waals surface area contributed by atoms with E-state index in [1.54, 1.807) is 7.11 Å². The van der Waals surface area contributed by atoms with Crippen LogP contribution < -0.4 is 4.90 Å². The van der Waals surface area contributed by atoms with Gasteiger partial charge in [-0.2, -0.15) is 0 Å². The first-order chi connectivity index (χ1) is 8.61. The summed E-state index contributed by atoms with van der Waals surface area (Å²) in [7, 11) is 1.65. The number of carbonyl (C=O) groups is 1. The van der Waals surface area contributed by atoms with E-state index in [9.17, 15) is 9.18 Å². The van der Waals surface area contributed by atoms with Crippen LogP contribution in [0, 0.1) is 5.82 Å². The molecular weight excluding hydrogens is 237 g/mol. The van der Waals surface area contributed by atoms with E-state index in [1.165, 1.54) is 12.1 Å². The van der Waals surface area contributed by atoms with Crippen molar-refractivity contribution in [2.45, 2.75) is 18.9 Å². The molecule has 0 aromatic heterocycles. The Morgan fingerprint density at radius 2 is 2.33 bits per heavy atom. The van der Waals surface area contributed by atoms with E-state index in [4.69, 9.17) is 9.84 Å². The van der Waals surface area contributed by atoms with Crippen molar-refractivity contribution < 1.29 is 19.0 Å². The molecule has 1 aromatic carbocycles. The molecule has 5 heteroatoms. The van der Waals surface area contributed by atoms with E-state index in [0.29, 0.717) is 12.2 Å². The van der Waals surface area contributed by atoms with E-state index in [2.05, 4.69) is 0 Å². The van der Waals surface area contributed by atoms with Gasteiger partial charge in [-0.3, -0.25) is 0 Å². The van der Waals surface area contributed by atoms with Crippen LogP contribution in [0.1, 0.15) is 23.2 Å². The molecule has 98 valence electrons. The molecule has 2 rings (SSSR count). The van der Waals surface area contributed by atoms with Crippen molar-refractivity contribution in [3.63, 3.8) is 0 Å². The zero-order valence-electron chi connectivity index (χ0n) is 10.2. The molecule has 1 saturated heterocycles. The number of anilines is 1. The van der Waals surface area contributed by atoms with Gasteiger partial charge in [0.25, 0.3) is 0 Å². The summed E-state index contributed by atoms with van der Waals surface area (Å²) >= 11 is 0. The summed E-state index contributed by atoms with van der Waals surface area (Å²) in [5.74, 6) is -1.64. The molecule has 0 spiro atoms. The summed E-state index contributed by atoms with van der Waals surface area (Å²) in [6, 6.07) is 3.88. The predicted molar refractivity (Wildman–Crippen MR) is 65.6 cm³/mol. The van der Waals surface area contributed by atoms with Crippen LogP contribution in [0.4, 0.5) is 10.1 Å². The van der Waals surface area contributed by atoms with Crippen molar-refractivity contribution in [2.75, 3.05) is 25.1 Å². The Labute approximate surface area is 105 Å². The van der Waals surface area contributed by atoms with E-state index < -0.39 is 11.8 Å². The number of aromatic carboxylic acids is 1. The third-order valence-electron chi connectivity index (χ3n) is 3.24. The van der Waals surface area contributed by atoms with Gasteiger partial charge in [-0.25, -0.2) is 9.18 Å². The summed E-state index contributed by atoms with van der Waals surface area (Å²) < 4.78 is 18.4. The van der Waals surface area contributed by atoms with E-state index in [1.807, 2.05) is 4.90 Å². The molecule has 0 amide bonds. The Hall–Kier alpha value is -1.62. The van der Waals surface area contributed by atoms with Crippen LogP contribution in [0.2, 0.25) is 0 Å². The second-order valence-electron chi connectivity index (χ2n) is 4.41. The number of ether oxygens (including phenoxy) is 1. The van der Waals surface area contributed by atoms with Crippen LogP contribution in [0.15, 0.2) is 18.2 Å². The van der Waals surface area contributed by atoms with Gasteiger partial charge in [0.15, 0.2) is 0 Å². The smallest absolute Gasteiger partial charge is 0.337 e. The quantitative estimate of drug-likeness (QED) is 0.896. The van der Waals surface area contributed by atoms with Crippen LogP contribution in [-0.4, -0.2) is 37.4 Å². The van der Waals surface area contributed by atoms with Gasteiger partial charge < -0.3 is 14.7 Å². The van der Waals surface area contributed by atoms with Crippen molar-refractivity contribution in [3.8, 4) is 0 Å². The largest absolute Gasteiger partial charge is 0.478 e. The summed E-state index contributed by atoms with van der Waals surface area (Å²) in [5.41, 5.74) is 0.567. The molecule has 1 heterocycles. The first-order valence-electron chi connectivity index (χ1n) is 5.92. The maximum Gasteiger partial charge on any atom is 0.337 e. The third kappa shape index (κ3) is 2.61. The number of rotatable bonds is 3. The van der Waals surface area contributed by atoms with Crippen molar-refractivity contribution in [3.05, 3.63) is 29.6 Å². The molecule has 1 unspecified atom stereocenters. The lowest BCUT2D eigenvalue weighted by Crippen LogP contribution is -2.40. The van der Waals surface area contributed by atoms with Gasteiger partial charge in [-0.15, -0.1) is 0 Å². The van der Waals surface area contributed by atoms with Gasteiger partial charge in [-0.05, 0) is 31.0 Å². The van der Waals surface area contributed by atoms with Crippen molar-refractivity contribution in [2.24, 2.45) is 0 Å². The Morgan fingerprint density at radius 3 is 3.00 bits per heavy atom. The molecule has 0 aliphatic carbocycles. The number of piperidine rings is 1.